The Kier molecular flexibility index (Phi) is 6.90. The molecular formula is C25H28N8O8. The second kappa shape index (κ2) is 10.5. The molecule has 5 atom stereocenters. The molecule has 0 saturated carbocycles. The number of aliphatic hydroxyl groups excluding tert-OH is 1. The fourth-order valence-corrected chi connectivity index (χ4v) is 5.54. The van der Waals surface area contributed by atoms with Gasteiger partial charge in [-0.1, -0.05) is 6.07 Å². The fourth-order valence-electron chi connectivity index (χ4n) is 5.54. The summed E-state index contributed by atoms with van der Waals surface area (Å²) in [5.41, 5.74) is 7.10. The SMILES string of the molecule is COCC1OC(n2cnc3c(=O)[nH]c(NNc4cccc5c4CN(C4CCC(=O)NC4=O)C5=O)nc32)C(O)C1OC. The number of piperidine rings is 1. The van der Waals surface area contributed by atoms with Crippen LogP contribution in [0, 0.1) is 0 Å². The number of methoxy groups -OCH3 is 2. The molecule has 3 aromatic rings. The van der Waals surface area contributed by atoms with Crippen LogP contribution in [-0.4, -0.2) is 92.4 Å². The van der Waals surface area contributed by atoms with Crippen molar-refractivity contribution in [1.82, 2.24) is 29.7 Å². The molecule has 2 saturated heterocycles. The highest BCUT2D eigenvalue weighted by Gasteiger charge is 2.45. The average Bonchev–Trinajstić information content (AvgIpc) is 3.61. The number of carbonyl (C=O) groups excluding carboxylic acids is 3. The number of aliphatic hydroxyl groups is 1. The zero-order chi connectivity index (χ0) is 28.8. The first-order chi connectivity index (χ1) is 19.8. The molecule has 3 amide bonds. The number of rotatable bonds is 8. The molecule has 3 aliphatic heterocycles. The van der Waals surface area contributed by atoms with Crippen molar-refractivity contribution < 1.29 is 33.7 Å². The van der Waals surface area contributed by atoms with Gasteiger partial charge in [0, 0.05) is 38.3 Å². The number of hydrogen-bond donors (Lipinski definition) is 5. The molecule has 2 fully saturated rings. The maximum absolute atomic E-state index is 13.1. The van der Waals surface area contributed by atoms with E-state index in [-0.39, 0.29) is 54.9 Å². The van der Waals surface area contributed by atoms with E-state index in [9.17, 15) is 24.3 Å². The number of nitrogens with one attached hydrogen (secondary N) is 4. The van der Waals surface area contributed by atoms with Gasteiger partial charge in [-0.25, -0.2) is 4.98 Å². The van der Waals surface area contributed by atoms with Crippen molar-refractivity contribution in [1.29, 1.82) is 0 Å². The topological polar surface area (TPSA) is 202 Å². The molecule has 0 aliphatic carbocycles. The Labute approximate surface area is 232 Å². The van der Waals surface area contributed by atoms with Crippen LogP contribution in [0.2, 0.25) is 0 Å². The molecule has 216 valence electrons. The van der Waals surface area contributed by atoms with Gasteiger partial charge in [-0.05, 0) is 18.6 Å². The number of imidazole rings is 1. The van der Waals surface area contributed by atoms with E-state index in [1.54, 1.807) is 18.2 Å². The van der Waals surface area contributed by atoms with E-state index < -0.39 is 42.0 Å². The zero-order valence-corrected chi connectivity index (χ0v) is 22.1. The van der Waals surface area contributed by atoms with Gasteiger partial charge in [0.1, 0.15) is 24.4 Å². The molecule has 6 rings (SSSR count). The van der Waals surface area contributed by atoms with Crippen LogP contribution >= 0.6 is 0 Å². The fraction of sp³-hybridized carbons (Fsp3) is 0.440. The summed E-state index contributed by atoms with van der Waals surface area (Å²) in [4.78, 5) is 62.5. The van der Waals surface area contributed by atoms with Gasteiger partial charge < -0.3 is 24.2 Å². The number of ether oxygens (including phenoxy) is 3. The molecular weight excluding hydrogens is 540 g/mol. The second-order valence-electron chi connectivity index (χ2n) is 9.93. The number of aromatic nitrogens is 4. The number of amides is 3. The number of hydrogen-bond acceptors (Lipinski definition) is 12. The number of carbonyl (C=O) groups is 3. The minimum atomic E-state index is -1.08. The summed E-state index contributed by atoms with van der Waals surface area (Å²) in [6, 6.07) is 4.34. The lowest BCUT2D eigenvalue weighted by molar-refractivity contribution is -0.136. The van der Waals surface area contributed by atoms with Crippen molar-refractivity contribution in [3.05, 3.63) is 46.0 Å². The molecule has 0 bridgehead atoms. The highest BCUT2D eigenvalue weighted by atomic mass is 16.6. The van der Waals surface area contributed by atoms with E-state index in [0.29, 0.717) is 16.8 Å². The van der Waals surface area contributed by atoms with Crippen molar-refractivity contribution in [2.24, 2.45) is 0 Å². The van der Waals surface area contributed by atoms with E-state index in [2.05, 4.69) is 31.1 Å². The first-order valence-electron chi connectivity index (χ1n) is 12.9. The number of imide groups is 1. The second-order valence-corrected chi connectivity index (χ2v) is 9.93. The summed E-state index contributed by atoms with van der Waals surface area (Å²) in [5, 5.41) is 13.1. The molecule has 5 unspecified atom stereocenters. The molecule has 41 heavy (non-hydrogen) atoms. The van der Waals surface area contributed by atoms with Crippen LogP contribution < -0.4 is 21.7 Å². The Balaban J connectivity index is 1.23. The van der Waals surface area contributed by atoms with E-state index >= 15 is 0 Å². The van der Waals surface area contributed by atoms with Crippen molar-refractivity contribution >= 4 is 40.5 Å². The highest BCUT2D eigenvalue weighted by molar-refractivity contribution is 6.06. The lowest BCUT2D eigenvalue weighted by Crippen LogP contribution is -2.52. The summed E-state index contributed by atoms with van der Waals surface area (Å²) < 4.78 is 18.0. The highest BCUT2D eigenvalue weighted by Crippen LogP contribution is 2.34. The van der Waals surface area contributed by atoms with Crippen molar-refractivity contribution in [2.75, 3.05) is 31.7 Å². The zero-order valence-electron chi connectivity index (χ0n) is 22.1. The molecule has 5 heterocycles. The smallest absolute Gasteiger partial charge is 0.280 e. The van der Waals surface area contributed by atoms with Gasteiger partial charge in [-0.15, -0.1) is 0 Å². The lowest BCUT2D eigenvalue weighted by atomic mass is 10.0. The van der Waals surface area contributed by atoms with E-state index in [4.69, 9.17) is 14.2 Å². The van der Waals surface area contributed by atoms with Crippen LogP contribution in [0.15, 0.2) is 29.3 Å². The Morgan fingerprint density at radius 2 is 2.02 bits per heavy atom. The summed E-state index contributed by atoms with van der Waals surface area (Å²) in [6.45, 7) is 0.343. The average molecular weight is 569 g/mol. The molecule has 16 heteroatoms. The van der Waals surface area contributed by atoms with Crippen LogP contribution in [0.1, 0.15) is 35.0 Å². The monoisotopic (exact) mass is 568 g/mol. The third-order valence-electron chi connectivity index (χ3n) is 7.52. The minimum absolute atomic E-state index is 0.0393. The number of nitrogens with zero attached hydrogens (tertiary/aromatic N) is 4. The number of aromatic amines is 1. The molecule has 0 radical (unpaired) electrons. The van der Waals surface area contributed by atoms with Gasteiger partial charge in [-0.3, -0.25) is 44.9 Å². The van der Waals surface area contributed by atoms with Gasteiger partial charge in [0.2, 0.25) is 17.8 Å². The maximum atomic E-state index is 13.1. The van der Waals surface area contributed by atoms with E-state index in [1.807, 2.05) is 0 Å². The maximum Gasteiger partial charge on any atom is 0.280 e. The van der Waals surface area contributed by atoms with E-state index in [1.165, 1.54) is 30.0 Å². The number of H-pyrrole nitrogens is 1. The summed E-state index contributed by atoms with van der Waals surface area (Å²) >= 11 is 0. The van der Waals surface area contributed by atoms with Gasteiger partial charge >= 0.3 is 0 Å². The summed E-state index contributed by atoms with van der Waals surface area (Å²) in [7, 11) is 2.97. The molecule has 0 spiro atoms. The van der Waals surface area contributed by atoms with Crippen molar-refractivity contribution in [3.63, 3.8) is 0 Å². The Morgan fingerprint density at radius 1 is 1.20 bits per heavy atom. The number of anilines is 2. The van der Waals surface area contributed by atoms with Crippen LogP contribution in [0.25, 0.3) is 11.2 Å². The standard InChI is InChI=1S/C25H28N8O8/c1-39-9-15-19(40-2)18(35)24(41-15)33-10-26-17-20(33)28-25(29-22(17)37)31-30-13-5-3-4-11-12(13)8-32(23(11)38)14-6-7-16(34)27-21(14)36/h3-5,10,14-15,18-19,24,30,35H,6-9H2,1-2H3,(H,27,34,36)(H2,28,29,31,37). The van der Waals surface area contributed by atoms with E-state index in [0.717, 1.165) is 0 Å². The first kappa shape index (κ1) is 26.8. The van der Waals surface area contributed by atoms with Crippen LogP contribution in [0.3, 0.4) is 0 Å². The van der Waals surface area contributed by atoms with Gasteiger partial charge in [0.05, 0.1) is 18.6 Å². The number of benzene rings is 1. The van der Waals surface area contributed by atoms with Gasteiger partial charge in [0.15, 0.2) is 17.4 Å². The van der Waals surface area contributed by atoms with Crippen LogP contribution in [0.4, 0.5) is 11.6 Å². The van der Waals surface area contributed by atoms with Gasteiger partial charge in [0.25, 0.3) is 11.5 Å². The Bertz CT molecular complexity index is 1590. The molecule has 16 nitrogen and oxygen atoms in total. The molecule has 2 aromatic heterocycles. The normalized spacial score (nSPS) is 26.0. The lowest BCUT2D eigenvalue weighted by Gasteiger charge is -2.29. The van der Waals surface area contributed by atoms with Gasteiger partial charge in [-0.2, -0.15) is 4.98 Å². The Hall–Kier alpha value is -4.38. The quantitative estimate of drug-likeness (QED) is 0.168. The number of hydrazine groups is 1. The molecule has 3 aliphatic rings. The molecule has 5 N–H and O–H groups in total. The summed E-state index contributed by atoms with van der Waals surface area (Å²) in [5.74, 6) is -1.13. The first-order valence-corrected chi connectivity index (χ1v) is 12.9. The largest absolute Gasteiger partial charge is 0.386 e. The summed E-state index contributed by atoms with van der Waals surface area (Å²) in [6.07, 6.45) is -1.46. The predicted molar refractivity (Wildman–Crippen MR) is 140 cm³/mol. The van der Waals surface area contributed by atoms with Crippen LogP contribution in [0.5, 0.6) is 0 Å². The minimum Gasteiger partial charge on any atom is -0.386 e. The Morgan fingerprint density at radius 3 is 2.78 bits per heavy atom. The van der Waals surface area contributed by atoms with Crippen molar-refractivity contribution in [2.45, 2.75) is 50.0 Å². The third kappa shape index (κ3) is 4.59. The van der Waals surface area contributed by atoms with Crippen LogP contribution in [-0.2, 0) is 30.3 Å². The predicted octanol–water partition coefficient (Wildman–Crippen LogP) is -0.761. The third-order valence-corrected chi connectivity index (χ3v) is 7.52. The molecule has 1 aromatic carbocycles. The number of fused-ring (bicyclic) bond motifs is 2. The van der Waals surface area contributed by atoms with Crippen molar-refractivity contribution in [3.8, 4) is 0 Å².